The minimum Gasteiger partial charge on any atom is -0.491 e. The number of methoxy groups -OCH3 is 1. The molecule has 0 bridgehead atoms. The molecule has 1 aromatic rings. The van der Waals surface area contributed by atoms with Crippen LogP contribution in [0.15, 0.2) is 24.3 Å². The van der Waals surface area contributed by atoms with E-state index in [0.29, 0.717) is 24.5 Å². The van der Waals surface area contributed by atoms with Crippen LogP contribution in [0.1, 0.15) is 12.0 Å². The Balaban J connectivity index is 2.73. The number of primary amides is 2. The van der Waals surface area contributed by atoms with Gasteiger partial charge in [0, 0.05) is 19.1 Å². The third kappa shape index (κ3) is 5.55. The first-order chi connectivity index (χ1) is 11.3. The van der Waals surface area contributed by atoms with E-state index in [2.05, 4.69) is 11.8 Å². The van der Waals surface area contributed by atoms with Gasteiger partial charge in [0.25, 0.3) is 11.7 Å². The first kappa shape index (κ1) is 19.4. The number of carbonyl (C=O) groups excluding carboxylic acids is 2. The van der Waals surface area contributed by atoms with Crippen molar-refractivity contribution in [3.05, 3.63) is 29.8 Å². The van der Waals surface area contributed by atoms with E-state index in [1.54, 1.807) is 31.4 Å². The summed E-state index contributed by atoms with van der Waals surface area (Å²) in [4.78, 5) is 22.3. The number of rotatable bonds is 8. The van der Waals surface area contributed by atoms with Crippen molar-refractivity contribution in [2.45, 2.75) is 12.2 Å². The monoisotopic (exact) mass is 336 g/mol. The summed E-state index contributed by atoms with van der Waals surface area (Å²) >= 11 is 0. The van der Waals surface area contributed by atoms with Crippen LogP contribution in [0, 0.1) is 17.8 Å². The molecule has 0 aliphatic rings. The van der Waals surface area contributed by atoms with E-state index in [4.69, 9.17) is 20.9 Å². The molecule has 2 amide bonds. The van der Waals surface area contributed by atoms with Gasteiger partial charge in [0.2, 0.25) is 5.91 Å². The second kappa shape index (κ2) is 8.88. The molecule has 0 saturated heterocycles. The van der Waals surface area contributed by atoms with E-state index in [-0.39, 0.29) is 6.42 Å². The number of amides is 2. The molecule has 0 aliphatic heterocycles. The zero-order chi connectivity index (χ0) is 18.2. The van der Waals surface area contributed by atoms with Crippen molar-refractivity contribution in [3.8, 4) is 17.6 Å². The average molecular weight is 336 g/mol. The third-order valence-electron chi connectivity index (χ3n) is 3.14. The van der Waals surface area contributed by atoms with Crippen molar-refractivity contribution < 1.29 is 29.3 Å². The molecular formula is C16H20N2O6. The average Bonchev–Trinajstić information content (AvgIpc) is 2.52. The highest BCUT2D eigenvalue weighted by Gasteiger charge is 2.43. The van der Waals surface area contributed by atoms with Crippen LogP contribution in [-0.4, -0.2) is 48.1 Å². The minimum absolute atomic E-state index is 0.336. The second-order valence-corrected chi connectivity index (χ2v) is 4.92. The Bertz CT molecular complexity index is 630. The molecule has 0 spiro atoms. The second-order valence-electron chi connectivity index (χ2n) is 4.92. The lowest BCUT2D eigenvalue weighted by atomic mass is 9.93. The number of hydrogen-bond donors (Lipinski definition) is 4. The molecule has 0 fully saturated rings. The largest absolute Gasteiger partial charge is 0.491 e. The lowest BCUT2D eigenvalue weighted by molar-refractivity contribution is -0.202. The summed E-state index contributed by atoms with van der Waals surface area (Å²) < 4.78 is 10.3. The fraction of sp³-hybridized carbons (Fsp3) is 0.375. The predicted molar refractivity (Wildman–Crippen MR) is 84.4 cm³/mol. The van der Waals surface area contributed by atoms with Crippen LogP contribution in [0.25, 0.3) is 0 Å². The van der Waals surface area contributed by atoms with Crippen molar-refractivity contribution in [1.82, 2.24) is 0 Å². The van der Waals surface area contributed by atoms with E-state index in [9.17, 15) is 19.8 Å². The van der Waals surface area contributed by atoms with E-state index >= 15 is 0 Å². The van der Waals surface area contributed by atoms with Crippen molar-refractivity contribution in [2.75, 3.05) is 20.3 Å². The van der Waals surface area contributed by atoms with Crippen molar-refractivity contribution in [2.24, 2.45) is 17.4 Å². The Morgan fingerprint density at radius 1 is 1.21 bits per heavy atom. The van der Waals surface area contributed by atoms with Gasteiger partial charge in [0.15, 0.2) is 0 Å². The number of aliphatic hydroxyl groups is 2. The van der Waals surface area contributed by atoms with Crippen LogP contribution in [0.3, 0.4) is 0 Å². The van der Waals surface area contributed by atoms with Crippen LogP contribution < -0.4 is 16.2 Å². The molecule has 6 N–H and O–H groups in total. The van der Waals surface area contributed by atoms with Crippen LogP contribution in [0.2, 0.25) is 0 Å². The summed E-state index contributed by atoms with van der Waals surface area (Å²) in [6.07, 6.45) is -0.336. The molecule has 0 radical (unpaired) electrons. The maximum Gasteiger partial charge on any atom is 0.278 e. The molecule has 1 atom stereocenters. The summed E-state index contributed by atoms with van der Waals surface area (Å²) in [5, 5.41) is 19.1. The van der Waals surface area contributed by atoms with Gasteiger partial charge in [-0.3, -0.25) is 9.59 Å². The molecule has 24 heavy (non-hydrogen) atoms. The molecule has 1 unspecified atom stereocenters. The number of nitrogens with two attached hydrogens (primary N) is 2. The van der Waals surface area contributed by atoms with Crippen LogP contribution in [0.4, 0.5) is 0 Å². The highest BCUT2D eigenvalue weighted by molar-refractivity contribution is 5.89. The SMILES string of the molecule is COCCOc1ccc(C#CCC(C(N)=O)C(O)(O)C(N)=O)cc1. The zero-order valence-electron chi connectivity index (χ0n) is 13.2. The third-order valence-corrected chi connectivity index (χ3v) is 3.14. The molecular weight excluding hydrogens is 316 g/mol. The minimum atomic E-state index is -3.04. The van der Waals surface area contributed by atoms with Gasteiger partial charge in [0.1, 0.15) is 18.3 Å². The van der Waals surface area contributed by atoms with Gasteiger partial charge in [-0.25, -0.2) is 0 Å². The summed E-state index contributed by atoms with van der Waals surface area (Å²) in [6.45, 7) is 0.893. The van der Waals surface area contributed by atoms with Crippen molar-refractivity contribution in [1.29, 1.82) is 0 Å². The predicted octanol–water partition coefficient (Wildman–Crippen LogP) is -1.28. The molecule has 0 heterocycles. The van der Waals surface area contributed by atoms with Crippen molar-refractivity contribution >= 4 is 11.8 Å². The smallest absolute Gasteiger partial charge is 0.278 e. The van der Waals surface area contributed by atoms with Gasteiger partial charge in [-0.05, 0) is 24.3 Å². The van der Waals surface area contributed by atoms with E-state index in [1.165, 1.54) is 0 Å². The first-order valence-corrected chi connectivity index (χ1v) is 7.03. The van der Waals surface area contributed by atoms with Gasteiger partial charge in [-0.2, -0.15) is 0 Å². The fourth-order valence-corrected chi connectivity index (χ4v) is 1.75. The maximum atomic E-state index is 11.3. The molecule has 1 aromatic carbocycles. The molecule has 0 saturated carbocycles. The topological polar surface area (TPSA) is 145 Å². The van der Waals surface area contributed by atoms with Crippen molar-refractivity contribution in [3.63, 3.8) is 0 Å². The summed E-state index contributed by atoms with van der Waals surface area (Å²) in [5.74, 6) is -1.28. The quantitative estimate of drug-likeness (QED) is 0.264. The summed E-state index contributed by atoms with van der Waals surface area (Å²) in [7, 11) is 1.58. The van der Waals surface area contributed by atoms with Gasteiger partial charge < -0.3 is 31.2 Å². The molecule has 1 rings (SSSR count). The normalized spacial score (nSPS) is 12.0. The number of hydrogen-bond acceptors (Lipinski definition) is 6. The Hall–Kier alpha value is -2.60. The standard InChI is InChI=1S/C16H20N2O6/c1-23-9-10-24-12-7-5-11(6-8-12)3-2-4-13(14(17)19)16(21,22)15(18)20/h5-8,13,21-22H,4,9-10H2,1H3,(H2,17,19)(H2,18,20). The Kier molecular flexibility index (Phi) is 7.20. The number of benzene rings is 1. The molecule has 0 aliphatic carbocycles. The summed E-state index contributed by atoms with van der Waals surface area (Å²) in [6, 6.07) is 6.79. The Morgan fingerprint density at radius 2 is 1.83 bits per heavy atom. The first-order valence-electron chi connectivity index (χ1n) is 7.03. The van der Waals surface area contributed by atoms with E-state index in [1.807, 2.05) is 0 Å². The number of ether oxygens (including phenoxy) is 2. The molecule has 8 nitrogen and oxygen atoms in total. The number of carbonyl (C=O) groups is 2. The molecule has 0 aromatic heterocycles. The van der Waals surface area contributed by atoms with Gasteiger partial charge >= 0.3 is 0 Å². The van der Waals surface area contributed by atoms with Gasteiger partial charge in [-0.15, -0.1) is 0 Å². The Morgan fingerprint density at radius 3 is 2.33 bits per heavy atom. The lowest BCUT2D eigenvalue weighted by Crippen LogP contribution is -2.54. The van der Waals surface area contributed by atoms with Gasteiger partial charge in [0.05, 0.1) is 6.61 Å². The summed E-state index contributed by atoms with van der Waals surface area (Å²) in [5.41, 5.74) is 10.5. The Labute approximate surface area is 139 Å². The van der Waals surface area contributed by atoms with E-state index in [0.717, 1.165) is 0 Å². The van der Waals surface area contributed by atoms with E-state index < -0.39 is 23.5 Å². The molecule has 8 heteroatoms. The zero-order valence-corrected chi connectivity index (χ0v) is 13.2. The maximum absolute atomic E-state index is 11.3. The fourth-order valence-electron chi connectivity index (χ4n) is 1.75. The lowest BCUT2D eigenvalue weighted by Gasteiger charge is -2.24. The molecule has 130 valence electrons. The van der Waals surface area contributed by atoms with Crippen LogP contribution in [0.5, 0.6) is 5.75 Å². The van der Waals surface area contributed by atoms with Gasteiger partial charge in [-0.1, -0.05) is 11.8 Å². The highest BCUT2D eigenvalue weighted by Crippen LogP contribution is 2.18. The highest BCUT2D eigenvalue weighted by atomic mass is 16.5. The van der Waals surface area contributed by atoms with Crippen LogP contribution >= 0.6 is 0 Å². The van der Waals surface area contributed by atoms with Crippen LogP contribution in [-0.2, 0) is 14.3 Å².